The van der Waals surface area contributed by atoms with E-state index in [1.54, 1.807) is 25.1 Å². The van der Waals surface area contributed by atoms with Crippen LogP contribution in [0.15, 0.2) is 46.0 Å². The van der Waals surface area contributed by atoms with Gasteiger partial charge in [0.1, 0.15) is 17.2 Å². The van der Waals surface area contributed by atoms with Crippen molar-refractivity contribution in [3.63, 3.8) is 0 Å². The third-order valence-electron chi connectivity index (χ3n) is 4.01. The van der Waals surface area contributed by atoms with Gasteiger partial charge < -0.3 is 25.1 Å². The molecule has 0 fully saturated rings. The van der Waals surface area contributed by atoms with Crippen LogP contribution in [0.4, 0.5) is 4.39 Å². The van der Waals surface area contributed by atoms with Crippen LogP contribution in [0.1, 0.15) is 30.7 Å². The molecule has 8 heteroatoms. The molecule has 1 heterocycles. The zero-order valence-corrected chi connectivity index (χ0v) is 19.2. The van der Waals surface area contributed by atoms with Crippen LogP contribution in [-0.2, 0) is 18.7 Å². The first-order valence-electron chi connectivity index (χ1n) is 9.02. The van der Waals surface area contributed by atoms with Crippen molar-refractivity contribution in [3.05, 3.63) is 59.3 Å². The summed E-state index contributed by atoms with van der Waals surface area (Å²) in [6.45, 7) is 5.50. The molecule has 1 unspecified atom stereocenters. The highest BCUT2D eigenvalue weighted by Gasteiger charge is 2.26. The molecule has 0 amide bonds. The van der Waals surface area contributed by atoms with E-state index in [9.17, 15) is 9.50 Å². The van der Waals surface area contributed by atoms with Crippen LogP contribution in [-0.4, -0.2) is 43.2 Å². The zero-order chi connectivity index (χ0) is 19.9. The van der Waals surface area contributed by atoms with Crippen LogP contribution >= 0.6 is 24.0 Å². The third-order valence-corrected chi connectivity index (χ3v) is 4.01. The Hall–Kier alpha value is -1.65. The van der Waals surface area contributed by atoms with Crippen molar-refractivity contribution < 1.29 is 13.9 Å². The number of hydrogen-bond donors (Lipinski definition) is 3. The highest BCUT2D eigenvalue weighted by molar-refractivity contribution is 14.0. The molecule has 1 aromatic heterocycles. The number of aliphatic imine (C=N–C) groups is 1. The van der Waals surface area contributed by atoms with Gasteiger partial charge >= 0.3 is 0 Å². The molecule has 0 bridgehead atoms. The largest absolute Gasteiger partial charge is 0.466 e. The summed E-state index contributed by atoms with van der Waals surface area (Å²) in [5.74, 6) is 0.844. The number of aliphatic hydroxyl groups is 1. The summed E-state index contributed by atoms with van der Waals surface area (Å²) in [6, 6.07) is 8.52. The van der Waals surface area contributed by atoms with E-state index in [2.05, 4.69) is 15.6 Å². The van der Waals surface area contributed by atoms with Crippen LogP contribution in [0.25, 0.3) is 0 Å². The number of furan rings is 1. The first-order chi connectivity index (χ1) is 12.8. The smallest absolute Gasteiger partial charge is 0.191 e. The number of rotatable bonds is 8. The maximum atomic E-state index is 13.9. The van der Waals surface area contributed by atoms with Crippen molar-refractivity contribution in [1.29, 1.82) is 0 Å². The van der Waals surface area contributed by atoms with Gasteiger partial charge in [0.05, 0.1) is 19.4 Å². The van der Waals surface area contributed by atoms with Gasteiger partial charge in [0.2, 0.25) is 0 Å². The van der Waals surface area contributed by atoms with E-state index < -0.39 is 5.60 Å². The van der Waals surface area contributed by atoms with Gasteiger partial charge in [-0.2, -0.15) is 0 Å². The van der Waals surface area contributed by atoms with Crippen molar-refractivity contribution in [2.45, 2.75) is 32.5 Å². The highest BCUT2D eigenvalue weighted by Crippen LogP contribution is 2.19. The van der Waals surface area contributed by atoms with E-state index in [1.807, 2.05) is 32.0 Å². The number of benzene rings is 1. The second kappa shape index (κ2) is 11.4. The molecular weight excluding hydrogens is 474 g/mol. The minimum absolute atomic E-state index is 0. The third kappa shape index (κ3) is 7.40. The molecule has 6 nitrogen and oxygen atoms in total. The molecule has 0 aliphatic heterocycles. The molecule has 2 aromatic rings. The fraction of sp³-hybridized carbons (Fsp3) is 0.450. The summed E-state index contributed by atoms with van der Waals surface area (Å²) < 4.78 is 19.2. The van der Waals surface area contributed by atoms with Crippen LogP contribution in [0.5, 0.6) is 0 Å². The van der Waals surface area contributed by atoms with Crippen LogP contribution in [0.2, 0.25) is 0 Å². The summed E-state index contributed by atoms with van der Waals surface area (Å²) in [4.78, 5) is 6.46. The molecule has 0 saturated carbocycles. The predicted molar refractivity (Wildman–Crippen MR) is 120 cm³/mol. The van der Waals surface area contributed by atoms with Gasteiger partial charge in [0.25, 0.3) is 0 Å². The monoisotopic (exact) mass is 504 g/mol. The maximum Gasteiger partial charge on any atom is 0.191 e. The average molecular weight is 504 g/mol. The van der Waals surface area contributed by atoms with Crippen molar-refractivity contribution in [3.8, 4) is 0 Å². The van der Waals surface area contributed by atoms with E-state index in [4.69, 9.17) is 4.42 Å². The van der Waals surface area contributed by atoms with Gasteiger partial charge in [-0.1, -0.05) is 6.07 Å². The van der Waals surface area contributed by atoms with E-state index >= 15 is 0 Å². The minimum atomic E-state index is -1.16. The Balaban J connectivity index is 0.00000392. The van der Waals surface area contributed by atoms with Crippen molar-refractivity contribution in [2.24, 2.45) is 4.99 Å². The number of nitrogens with one attached hydrogen (secondary N) is 2. The number of halogens is 2. The van der Waals surface area contributed by atoms with Gasteiger partial charge in [-0.15, -0.1) is 24.0 Å². The number of hydrogen-bond acceptors (Lipinski definition) is 4. The van der Waals surface area contributed by atoms with E-state index in [0.29, 0.717) is 36.9 Å². The molecule has 1 aromatic carbocycles. The van der Waals surface area contributed by atoms with Gasteiger partial charge in [-0.3, -0.25) is 0 Å². The fourth-order valence-electron chi connectivity index (χ4n) is 2.63. The van der Waals surface area contributed by atoms with Crippen LogP contribution in [0, 0.1) is 5.82 Å². The molecule has 0 saturated heterocycles. The normalized spacial score (nSPS) is 13.8. The zero-order valence-electron chi connectivity index (χ0n) is 16.8. The Labute approximate surface area is 183 Å². The first-order valence-corrected chi connectivity index (χ1v) is 9.02. The Morgan fingerprint density at radius 3 is 2.64 bits per heavy atom. The minimum Gasteiger partial charge on any atom is -0.466 e. The SMILES string of the molecule is CCNC(=NCc1ccc(F)c(CN(C)C)c1)NCC(C)(O)c1ccco1.I. The van der Waals surface area contributed by atoms with Gasteiger partial charge in [-0.25, -0.2) is 9.38 Å². The molecule has 1 atom stereocenters. The molecular formula is C20H30FIN4O2. The lowest BCUT2D eigenvalue weighted by molar-refractivity contribution is 0.0386. The van der Waals surface area contributed by atoms with E-state index in [1.165, 1.54) is 12.3 Å². The Kier molecular flexibility index (Phi) is 9.91. The summed E-state index contributed by atoms with van der Waals surface area (Å²) in [6.07, 6.45) is 1.53. The molecule has 0 radical (unpaired) electrons. The summed E-state index contributed by atoms with van der Waals surface area (Å²) >= 11 is 0. The van der Waals surface area contributed by atoms with Gasteiger partial charge in [0.15, 0.2) is 5.96 Å². The molecule has 0 aliphatic carbocycles. The predicted octanol–water partition coefficient (Wildman–Crippen LogP) is 3.06. The Bertz CT molecular complexity index is 749. The van der Waals surface area contributed by atoms with Crippen LogP contribution < -0.4 is 10.6 Å². The quantitative estimate of drug-likeness (QED) is 0.293. The Morgan fingerprint density at radius 1 is 1.29 bits per heavy atom. The van der Waals surface area contributed by atoms with Gasteiger partial charge in [-0.05, 0) is 57.8 Å². The molecule has 156 valence electrons. The molecule has 3 N–H and O–H groups in total. The second-order valence-corrected chi connectivity index (χ2v) is 6.96. The molecule has 0 spiro atoms. The Morgan fingerprint density at radius 2 is 2.04 bits per heavy atom. The number of nitrogens with zero attached hydrogens (tertiary/aromatic N) is 2. The van der Waals surface area contributed by atoms with Crippen molar-refractivity contribution >= 4 is 29.9 Å². The van der Waals surface area contributed by atoms with Crippen molar-refractivity contribution in [1.82, 2.24) is 15.5 Å². The average Bonchev–Trinajstić information content (AvgIpc) is 3.15. The van der Waals surface area contributed by atoms with Gasteiger partial charge in [0, 0.05) is 18.7 Å². The summed E-state index contributed by atoms with van der Waals surface area (Å²) in [5, 5.41) is 16.8. The lowest BCUT2D eigenvalue weighted by Gasteiger charge is -2.22. The number of guanidine groups is 1. The van der Waals surface area contributed by atoms with Crippen molar-refractivity contribution in [2.75, 3.05) is 27.2 Å². The summed E-state index contributed by atoms with van der Waals surface area (Å²) in [5.41, 5.74) is 0.406. The maximum absolute atomic E-state index is 13.9. The molecule has 2 rings (SSSR count). The second-order valence-electron chi connectivity index (χ2n) is 6.96. The lowest BCUT2D eigenvalue weighted by atomic mass is 10.0. The van der Waals surface area contributed by atoms with E-state index in [0.717, 1.165) is 5.56 Å². The topological polar surface area (TPSA) is 73.0 Å². The van der Waals surface area contributed by atoms with E-state index in [-0.39, 0.29) is 36.3 Å². The highest BCUT2D eigenvalue weighted by atomic mass is 127. The lowest BCUT2D eigenvalue weighted by Crippen LogP contribution is -2.44. The first kappa shape index (κ1) is 24.4. The van der Waals surface area contributed by atoms with Crippen LogP contribution in [0.3, 0.4) is 0 Å². The summed E-state index contributed by atoms with van der Waals surface area (Å²) in [7, 11) is 3.81. The molecule has 28 heavy (non-hydrogen) atoms. The standard InChI is InChI=1S/C20H29FN4O2.HI/c1-5-22-19(24-14-20(2,26)18-7-6-10-27-18)23-12-15-8-9-17(21)16(11-15)13-25(3)4;/h6-11,26H,5,12-14H2,1-4H3,(H2,22,23,24);1H. The molecule has 0 aliphatic rings. The fourth-order valence-corrected chi connectivity index (χ4v) is 2.63.